The maximum atomic E-state index is 6.30. The largest absolute Gasteiger partial charge is 0.465 e. The van der Waals surface area contributed by atoms with E-state index in [1.165, 1.54) is 50.5 Å². The maximum absolute atomic E-state index is 6.30. The molecule has 1 aliphatic carbocycles. The summed E-state index contributed by atoms with van der Waals surface area (Å²) in [7, 11) is 0. The standard InChI is InChI=1S/C24H40O2/c1-7-19(17-24(4,5)6)20-13-15-22(16-14-20)26-23(18(2)3)25-21-11-9-8-10-12-21/h13-16,18-19,21,23H,7-12,17H2,1-6H3. The van der Waals surface area contributed by atoms with Crippen molar-refractivity contribution in [3.63, 3.8) is 0 Å². The molecule has 26 heavy (non-hydrogen) atoms. The van der Waals surface area contributed by atoms with Crippen LogP contribution in [-0.2, 0) is 4.74 Å². The van der Waals surface area contributed by atoms with Crippen molar-refractivity contribution in [2.75, 3.05) is 0 Å². The zero-order chi connectivity index (χ0) is 19.2. The molecule has 2 rings (SSSR count). The topological polar surface area (TPSA) is 18.5 Å². The molecule has 0 heterocycles. The number of hydrogen-bond donors (Lipinski definition) is 0. The van der Waals surface area contributed by atoms with Crippen LogP contribution in [0.4, 0.5) is 0 Å². The molecule has 0 amide bonds. The van der Waals surface area contributed by atoms with Crippen LogP contribution in [0.15, 0.2) is 24.3 Å². The number of rotatable bonds is 8. The molecule has 2 unspecified atom stereocenters. The van der Waals surface area contributed by atoms with Crippen molar-refractivity contribution in [1.29, 1.82) is 0 Å². The summed E-state index contributed by atoms with van der Waals surface area (Å²) in [5, 5.41) is 0. The van der Waals surface area contributed by atoms with Gasteiger partial charge in [-0.15, -0.1) is 0 Å². The van der Waals surface area contributed by atoms with Gasteiger partial charge in [-0.25, -0.2) is 0 Å². The molecular formula is C24H40O2. The van der Waals surface area contributed by atoms with Gasteiger partial charge in [0.25, 0.3) is 0 Å². The fraction of sp³-hybridized carbons (Fsp3) is 0.750. The lowest BCUT2D eigenvalue weighted by Gasteiger charge is -2.30. The van der Waals surface area contributed by atoms with Crippen LogP contribution in [0.2, 0.25) is 0 Å². The number of benzene rings is 1. The van der Waals surface area contributed by atoms with Crippen LogP contribution in [0.1, 0.15) is 98.0 Å². The average Bonchev–Trinajstić information content (AvgIpc) is 2.60. The van der Waals surface area contributed by atoms with Crippen molar-refractivity contribution in [2.24, 2.45) is 11.3 Å². The molecular weight excluding hydrogens is 320 g/mol. The van der Waals surface area contributed by atoms with Crippen molar-refractivity contribution < 1.29 is 9.47 Å². The highest BCUT2D eigenvalue weighted by Crippen LogP contribution is 2.34. The Bertz CT molecular complexity index is 506. The number of ether oxygens (including phenoxy) is 2. The van der Waals surface area contributed by atoms with Gasteiger partial charge in [-0.3, -0.25) is 0 Å². The van der Waals surface area contributed by atoms with E-state index in [0.717, 1.165) is 5.75 Å². The van der Waals surface area contributed by atoms with Gasteiger partial charge in [0.05, 0.1) is 6.10 Å². The summed E-state index contributed by atoms with van der Waals surface area (Å²) >= 11 is 0. The Morgan fingerprint density at radius 1 is 1.00 bits per heavy atom. The van der Waals surface area contributed by atoms with E-state index < -0.39 is 0 Å². The third kappa shape index (κ3) is 6.95. The fourth-order valence-corrected chi connectivity index (χ4v) is 3.90. The first kappa shape index (κ1) is 21.3. The van der Waals surface area contributed by atoms with Gasteiger partial charge >= 0.3 is 0 Å². The molecule has 0 spiro atoms. The van der Waals surface area contributed by atoms with E-state index in [0.29, 0.717) is 23.4 Å². The van der Waals surface area contributed by atoms with Crippen LogP contribution in [0.25, 0.3) is 0 Å². The van der Waals surface area contributed by atoms with Crippen molar-refractivity contribution in [1.82, 2.24) is 0 Å². The van der Waals surface area contributed by atoms with E-state index in [-0.39, 0.29) is 6.29 Å². The Morgan fingerprint density at radius 3 is 2.12 bits per heavy atom. The van der Waals surface area contributed by atoms with Crippen LogP contribution < -0.4 is 4.74 Å². The summed E-state index contributed by atoms with van der Waals surface area (Å²) in [4.78, 5) is 0. The second-order valence-electron chi connectivity index (χ2n) is 9.57. The van der Waals surface area contributed by atoms with Crippen molar-refractivity contribution in [2.45, 2.75) is 105 Å². The molecule has 148 valence electrons. The predicted molar refractivity (Wildman–Crippen MR) is 111 cm³/mol. The van der Waals surface area contributed by atoms with E-state index in [9.17, 15) is 0 Å². The van der Waals surface area contributed by atoms with Crippen LogP contribution in [0.3, 0.4) is 0 Å². The van der Waals surface area contributed by atoms with E-state index >= 15 is 0 Å². The minimum Gasteiger partial charge on any atom is -0.465 e. The molecule has 0 radical (unpaired) electrons. The summed E-state index contributed by atoms with van der Waals surface area (Å²) in [6, 6.07) is 8.74. The Kier molecular flexibility index (Phi) is 8.01. The van der Waals surface area contributed by atoms with Gasteiger partial charge in [0.15, 0.2) is 0 Å². The minimum absolute atomic E-state index is 0.152. The molecule has 1 aromatic carbocycles. The summed E-state index contributed by atoms with van der Waals surface area (Å²) in [6.07, 6.45) is 8.88. The Morgan fingerprint density at radius 2 is 1.62 bits per heavy atom. The molecule has 0 N–H and O–H groups in total. The van der Waals surface area contributed by atoms with Gasteiger partial charge in [-0.05, 0) is 54.7 Å². The molecule has 1 fully saturated rings. The van der Waals surface area contributed by atoms with Gasteiger partial charge in [0, 0.05) is 5.92 Å². The van der Waals surface area contributed by atoms with Crippen molar-refractivity contribution in [3.05, 3.63) is 29.8 Å². The first-order valence-electron chi connectivity index (χ1n) is 10.7. The summed E-state index contributed by atoms with van der Waals surface area (Å²) in [5.74, 6) is 1.89. The molecule has 2 atom stereocenters. The Hall–Kier alpha value is -1.02. The highest BCUT2D eigenvalue weighted by molar-refractivity contribution is 5.29. The molecule has 1 aliphatic rings. The molecule has 0 bridgehead atoms. The second-order valence-corrected chi connectivity index (χ2v) is 9.57. The van der Waals surface area contributed by atoms with Gasteiger partial charge < -0.3 is 9.47 Å². The number of hydrogen-bond acceptors (Lipinski definition) is 2. The van der Waals surface area contributed by atoms with Crippen LogP contribution in [-0.4, -0.2) is 12.4 Å². The Labute approximate surface area is 161 Å². The summed E-state index contributed by atoms with van der Waals surface area (Å²) in [5.41, 5.74) is 1.77. The predicted octanol–water partition coefficient (Wildman–Crippen LogP) is 7.33. The highest BCUT2D eigenvalue weighted by atomic mass is 16.7. The molecule has 1 saturated carbocycles. The van der Waals surface area contributed by atoms with Crippen LogP contribution >= 0.6 is 0 Å². The second kappa shape index (κ2) is 9.78. The average molecular weight is 361 g/mol. The zero-order valence-corrected chi connectivity index (χ0v) is 17.9. The third-order valence-corrected chi connectivity index (χ3v) is 5.38. The van der Waals surface area contributed by atoms with E-state index in [1.54, 1.807) is 0 Å². The fourth-order valence-electron chi connectivity index (χ4n) is 3.90. The normalized spacial score (nSPS) is 18.7. The van der Waals surface area contributed by atoms with E-state index in [4.69, 9.17) is 9.47 Å². The molecule has 1 aromatic rings. The first-order valence-corrected chi connectivity index (χ1v) is 10.7. The smallest absolute Gasteiger partial charge is 0.202 e. The lowest BCUT2D eigenvalue weighted by Crippen LogP contribution is -2.32. The quantitative estimate of drug-likeness (QED) is 0.452. The minimum atomic E-state index is -0.152. The SMILES string of the molecule is CCC(CC(C)(C)C)c1ccc(OC(OC2CCCCC2)C(C)C)cc1. The molecule has 2 nitrogen and oxygen atoms in total. The molecule has 2 heteroatoms. The lowest BCUT2D eigenvalue weighted by atomic mass is 9.80. The van der Waals surface area contributed by atoms with Crippen LogP contribution in [0, 0.1) is 11.3 Å². The van der Waals surface area contributed by atoms with Crippen LogP contribution in [0.5, 0.6) is 5.75 Å². The highest BCUT2D eigenvalue weighted by Gasteiger charge is 2.23. The first-order chi connectivity index (χ1) is 12.3. The van der Waals surface area contributed by atoms with Gasteiger partial charge in [-0.1, -0.05) is 72.9 Å². The van der Waals surface area contributed by atoms with Gasteiger partial charge in [-0.2, -0.15) is 0 Å². The molecule has 0 aromatic heterocycles. The lowest BCUT2D eigenvalue weighted by molar-refractivity contribution is -0.150. The van der Waals surface area contributed by atoms with Crippen molar-refractivity contribution in [3.8, 4) is 5.75 Å². The monoisotopic (exact) mass is 360 g/mol. The Balaban J connectivity index is 1.98. The summed E-state index contributed by atoms with van der Waals surface area (Å²) < 4.78 is 12.5. The van der Waals surface area contributed by atoms with Crippen molar-refractivity contribution >= 4 is 0 Å². The van der Waals surface area contributed by atoms with E-state index in [1.807, 2.05) is 0 Å². The summed E-state index contributed by atoms with van der Waals surface area (Å²) in [6.45, 7) is 13.6. The maximum Gasteiger partial charge on any atom is 0.202 e. The van der Waals surface area contributed by atoms with Gasteiger partial charge in [0.2, 0.25) is 6.29 Å². The third-order valence-electron chi connectivity index (χ3n) is 5.38. The zero-order valence-electron chi connectivity index (χ0n) is 17.9. The molecule has 0 aliphatic heterocycles. The molecule has 0 saturated heterocycles. The van der Waals surface area contributed by atoms with Gasteiger partial charge in [0.1, 0.15) is 5.75 Å². The van der Waals surface area contributed by atoms with E-state index in [2.05, 4.69) is 65.8 Å².